The number of fused-ring (bicyclic) bond motifs is 1. The third-order valence-corrected chi connectivity index (χ3v) is 4.44. The summed E-state index contributed by atoms with van der Waals surface area (Å²) in [4.78, 5) is 43.9. The Morgan fingerprint density at radius 3 is 2.56 bits per heavy atom. The van der Waals surface area contributed by atoms with Crippen LogP contribution in [0.2, 0.25) is 0 Å². The molecule has 3 aromatic rings. The number of hydrogen-bond donors (Lipinski definition) is 2. The number of para-hydroxylation sites is 1. The number of anilines is 1. The van der Waals surface area contributed by atoms with E-state index >= 15 is 0 Å². The number of rotatable bonds is 6. The number of aromatic nitrogens is 4. The first-order chi connectivity index (χ1) is 13.1. The van der Waals surface area contributed by atoms with Gasteiger partial charge in [0.05, 0.1) is 11.9 Å². The van der Waals surface area contributed by atoms with E-state index < -0.39 is 0 Å². The van der Waals surface area contributed by atoms with E-state index in [0.717, 1.165) is 5.69 Å². The molecule has 2 aromatic heterocycles. The van der Waals surface area contributed by atoms with Crippen molar-refractivity contribution >= 4 is 28.8 Å². The topological polar surface area (TPSA) is 113 Å². The Balaban J connectivity index is 1.48. The molecule has 4 rings (SSSR count). The molecule has 1 aromatic carbocycles. The van der Waals surface area contributed by atoms with Crippen LogP contribution in [0, 0.1) is 0 Å². The van der Waals surface area contributed by atoms with Crippen molar-refractivity contribution in [2.75, 3.05) is 18.4 Å². The van der Waals surface area contributed by atoms with Crippen LogP contribution >= 0.6 is 0 Å². The molecule has 0 spiro atoms. The van der Waals surface area contributed by atoms with Crippen LogP contribution in [0.4, 0.5) is 5.95 Å². The van der Waals surface area contributed by atoms with E-state index in [2.05, 4.69) is 20.4 Å². The molecule has 0 saturated carbocycles. The quantitative estimate of drug-likeness (QED) is 0.498. The zero-order chi connectivity index (χ0) is 18.8. The second-order valence-corrected chi connectivity index (χ2v) is 6.26. The first-order valence-corrected chi connectivity index (χ1v) is 8.74. The van der Waals surface area contributed by atoms with Crippen LogP contribution in [0.3, 0.4) is 0 Å². The third-order valence-electron chi connectivity index (χ3n) is 4.44. The summed E-state index contributed by atoms with van der Waals surface area (Å²) in [5.41, 5.74) is 0.981. The highest BCUT2D eigenvalue weighted by molar-refractivity contribution is 6.01. The second kappa shape index (κ2) is 7.02. The van der Waals surface area contributed by atoms with Crippen molar-refractivity contribution in [2.24, 2.45) is 0 Å². The van der Waals surface area contributed by atoms with E-state index in [1.807, 2.05) is 30.3 Å². The van der Waals surface area contributed by atoms with Gasteiger partial charge in [0.15, 0.2) is 5.65 Å². The maximum absolute atomic E-state index is 12.3. The minimum Gasteiger partial charge on any atom is -0.356 e. The first-order valence-electron chi connectivity index (χ1n) is 8.74. The molecular formula is C18H18N6O3. The average Bonchev–Trinajstić information content (AvgIpc) is 3.24. The summed E-state index contributed by atoms with van der Waals surface area (Å²) in [6.07, 6.45) is 2.64. The fourth-order valence-electron chi connectivity index (χ4n) is 3.08. The van der Waals surface area contributed by atoms with Crippen LogP contribution in [0.1, 0.15) is 19.3 Å². The number of imide groups is 1. The summed E-state index contributed by atoms with van der Waals surface area (Å²) < 4.78 is 1.61. The molecule has 9 heteroatoms. The third kappa shape index (κ3) is 3.31. The SMILES string of the molecule is O=C1CCC(=O)N1CCCNc1nc2c(cnn2-c2ccccc2)c(=O)[nH]1. The van der Waals surface area contributed by atoms with Gasteiger partial charge in [-0.2, -0.15) is 10.1 Å². The number of hydrogen-bond acceptors (Lipinski definition) is 6. The maximum atomic E-state index is 12.3. The molecule has 9 nitrogen and oxygen atoms in total. The van der Waals surface area contributed by atoms with Crippen LogP contribution in [0.15, 0.2) is 41.3 Å². The van der Waals surface area contributed by atoms with Crippen LogP contribution < -0.4 is 10.9 Å². The molecule has 1 fully saturated rings. The monoisotopic (exact) mass is 366 g/mol. The molecule has 0 bridgehead atoms. The summed E-state index contributed by atoms with van der Waals surface area (Å²) in [6, 6.07) is 9.43. The zero-order valence-electron chi connectivity index (χ0n) is 14.5. The number of benzene rings is 1. The minimum atomic E-state index is -0.283. The molecule has 0 radical (unpaired) electrons. The van der Waals surface area contributed by atoms with Crippen molar-refractivity contribution in [3.63, 3.8) is 0 Å². The molecule has 27 heavy (non-hydrogen) atoms. The van der Waals surface area contributed by atoms with Gasteiger partial charge in [-0.05, 0) is 18.6 Å². The van der Waals surface area contributed by atoms with Gasteiger partial charge in [0.25, 0.3) is 5.56 Å². The van der Waals surface area contributed by atoms with Crippen molar-refractivity contribution in [1.29, 1.82) is 0 Å². The summed E-state index contributed by atoms with van der Waals surface area (Å²) >= 11 is 0. The van der Waals surface area contributed by atoms with Crippen molar-refractivity contribution < 1.29 is 9.59 Å². The molecule has 2 N–H and O–H groups in total. The average molecular weight is 366 g/mol. The molecular weight excluding hydrogens is 348 g/mol. The fourth-order valence-corrected chi connectivity index (χ4v) is 3.08. The molecule has 0 aliphatic carbocycles. The van der Waals surface area contributed by atoms with Crippen LogP contribution in [-0.4, -0.2) is 49.6 Å². The lowest BCUT2D eigenvalue weighted by atomic mass is 10.3. The number of H-pyrrole nitrogens is 1. The lowest BCUT2D eigenvalue weighted by molar-refractivity contribution is -0.138. The van der Waals surface area contributed by atoms with Crippen LogP contribution in [-0.2, 0) is 9.59 Å². The van der Waals surface area contributed by atoms with Crippen molar-refractivity contribution in [3.8, 4) is 5.69 Å². The predicted octanol–water partition coefficient (Wildman–Crippen LogP) is 1.06. The summed E-state index contributed by atoms with van der Waals surface area (Å²) in [5, 5.41) is 7.70. The van der Waals surface area contributed by atoms with Gasteiger partial charge in [-0.15, -0.1) is 0 Å². The minimum absolute atomic E-state index is 0.125. The van der Waals surface area contributed by atoms with Gasteiger partial charge in [-0.1, -0.05) is 18.2 Å². The Bertz CT molecular complexity index is 1040. The van der Waals surface area contributed by atoms with E-state index in [-0.39, 0.29) is 17.4 Å². The molecule has 1 aliphatic rings. The van der Waals surface area contributed by atoms with Gasteiger partial charge in [0, 0.05) is 25.9 Å². The van der Waals surface area contributed by atoms with E-state index in [0.29, 0.717) is 49.3 Å². The molecule has 1 saturated heterocycles. The number of aromatic amines is 1. The van der Waals surface area contributed by atoms with Crippen LogP contribution in [0.5, 0.6) is 0 Å². The smallest absolute Gasteiger partial charge is 0.263 e. The summed E-state index contributed by atoms with van der Waals surface area (Å²) in [6.45, 7) is 0.823. The summed E-state index contributed by atoms with van der Waals surface area (Å²) in [5.74, 6) is 0.0729. The van der Waals surface area contributed by atoms with E-state index in [1.165, 1.54) is 11.1 Å². The number of nitrogens with zero attached hydrogens (tertiary/aromatic N) is 4. The van der Waals surface area contributed by atoms with Gasteiger partial charge < -0.3 is 5.32 Å². The fraction of sp³-hybridized carbons (Fsp3) is 0.278. The normalized spacial score (nSPS) is 14.3. The van der Waals surface area contributed by atoms with Crippen molar-refractivity contribution in [1.82, 2.24) is 24.6 Å². The highest BCUT2D eigenvalue weighted by Crippen LogP contribution is 2.15. The molecule has 0 atom stereocenters. The van der Waals surface area contributed by atoms with E-state index in [9.17, 15) is 14.4 Å². The highest BCUT2D eigenvalue weighted by atomic mass is 16.2. The first kappa shape index (κ1) is 17.0. The van der Waals surface area contributed by atoms with E-state index in [4.69, 9.17) is 0 Å². The number of likely N-dealkylation sites (tertiary alicyclic amines) is 1. The highest BCUT2D eigenvalue weighted by Gasteiger charge is 2.27. The molecule has 1 aliphatic heterocycles. The number of carbonyl (C=O) groups is 2. The zero-order valence-corrected chi connectivity index (χ0v) is 14.5. The number of nitrogens with one attached hydrogen (secondary N) is 2. The Morgan fingerprint density at radius 1 is 1.07 bits per heavy atom. The van der Waals surface area contributed by atoms with Crippen molar-refractivity contribution in [3.05, 3.63) is 46.9 Å². The van der Waals surface area contributed by atoms with Gasteiger partial charge in [0.1, 0.15) is 5.39 Å². The Labute approximate surface area is 154 Å². The number of carbonyl (C=O) groups excluding carboxylic acids is 2. The Morgan fingerprint density at radius 2 is 1.81 bits per heavy atom. The van der Waals surface area contributed by atoms with Gasteiger partial charge in [-0.3, -0.25) is 24.3 Å². The standard InChI is InChI=1S/C18H18N6O3/c25-14-7-8-15(26)23(14)10-4-9-19-18-21-16-13(17(27)22-18)11-20-24(16)12-5-2-1-3-6-12/h1-3,5-6,11H,4,7-10H2,(H2,19,21,22,27). The molecule has 2 amide bonds. The Hall–Kier alpha value is -3.49. The van der Waals surface area contributed by atoms with E-state index in [1.54, 1.807) is 4.68 Å². The van der Waals surface area contributed by atoms with Crippen molar-refractivity contribution in [2.45, 2.75) is 19.3 Å². The van der Waals surface area contributed by atoms with Gasteiger partial charge >= 0.3 is 0 Å². The maximum Gasteiger partial charge on any atom is 0.263 e. The van der Waals surface area contributed by atoms with Gasteiger partial charge in [0.2, 0.25) is 17.8 Å². The largest absolute Gasteiger partial charge is 0.356 e. The molecule has 0 unspecified atom stereocenters. The molecule has 138 valence electrons. The molecule has 3 heterocycles. The lowest BCUT2D eigenvalue weighted by Crippen LogP contribution is -2.31. The second-order valence-electron chi connectivity index (χ2n) is 6.26. The predicted molar refractivity (Wildman–Crippen MR) is 98.5 cm³/mol. The number of amides is 2. The van der Waals surface area contributed by atoms with Crippen LogP contribution in [0.25, 0.3) is 16.7 Å². The summed E-state index contributed by atoms with van der Waals surface area (Å²) in [7, 11) is 0. The Kier molecular flexibility index (Phi) is 4.41. The van der Waals surface area contributed by atoms with Gasteiger partial charge in [-0.25, -0.2) is 4.68 Å². The lowest BCUT2D eigenvalue weighted by Gasteiger charge is -2.13.